The van der Waals surface area contributed by atoms with Crippen molar-refractivity contribution < 1.29 is 14.6 Å². The topological polar surface area (TPSA) is 73.6 Å². The normalized spacial score (nSPS) is 25.3. The van der Waals surface area contributed by atoms with Crippen LogP contribution < -0.4 is 4.74 Å². The number of amides is 1. The van der Waals surface area contributed by atoms with Gasteiger partial charge >= 0.3 is 0 Å². The maximum atomic E-state index is 12.8. The third-order valence-corrected chi connectivity index (χ3v) is 4.97. The standard InChI is InChI=1S/C19H22N2O3/c1-5-13-11(2)10-21(18(13)23)16-14-8-12(9-20)6-7-15(14)24-19(3,4)17(16)22/h6-8,16-17,22H,5,10H2,1-4H3/t16-,17+/m1/s1. The van der Waals surface area contributed by atoms with Gasteiger partial charge in [-0.3, -0.25) is 4.79 Å². The van der Waals surface area contributed by atoms with E-state index in [4.69, 9.17) is 4.74 Å². The van der Waals surface area contributed by atoms with Crippen molar-refractivity contribution in [2.75, 3.05) is 6.54 Å². The average Bonchev–Trinajstić information content (AvgIpc) is 2.82. The van der Waals surface area contributed by atoms with Crippen molar-refractivity contribution in [1.29, 1.82) is 5.26 Å². The van der Waals surface area contributed by atoms with Crippen LogP contribution in [0.4, 0.5) is 0 Å². The van der Waals surface area contributed by atoms with Gasteiger partial charge < -0.3 is 14.7 Å². The summed E-state index contributed by atoms with van der Waals surface area (Å²) in [5.74, 6) is 0.578. The van der Waals surface area contributed by atoms with Crippen molar-refractivity contribution in [3.8, 4) is 11.8 Å². The lowest BCUT2D eigenvalue weighted by atomic mass is 9.85. The molecule has 0 fully saturated rings. The van der Waals surface area contributed by atoms with Crippen molar-refractivity contribution in [1.82, 2.24) is 4.90 Å². The van der Waals surface area contributed by atoms with Crippen molar-refractivity contribution in [3.05, 3.63) is 40.5 Å². The summed E-state index contributed by atoms with van der Waals surface area (Å²) in [6.07, 6.45) is -0.207. The lowest BCUT2D eigenvalue weighted by molar-refractivity contribution is -0.138. The Morgan fingerprint density at radius 3 is 2.75 bits per heavy atom. The molecule has 1 aromatic rings. The zero-order valence-corrected chi connectivity index (χ0v) is 14.5. The molecule has 0 spiro atoms. The van der Waals surface area contributed by atoms with Gasteiger partial charge in [0.15, 0.2) is 0 Å². The molecule has 0 unspecified atom stereocenters. The quantitative estimate of drug-likeness (QED) is 0.907. The second kappa shape index (κ2) is 5.64. The highest BCUT2D eigenvalue weighted by Crippen LogP contribution is 2.45. The van der Waals surface area contributed by atoms with Crippen LogP contribution in [0.2, 0.25) is 0 Å². The molecule has 0 radical (unpaired) electrons. The highest BCUT2D eigenvalue weighted by molar-refractivity contribution is 5.97. The molecule has 0 bridgehead atoms. The fraction of sp³-hybridized carbons (Fsp3) is 0.474. The second-order valence-electron chi connectivity index (χ2n) is 7.01. The van der Waals surface area contributed by atoms with Gasteiger partial charge in [0.05, 0.1) is 17.7 Å². The lowest BCUT2D eigenvalue weighted by Gasteiger charge is -2.45. The van der Waals surface area contributed by atoms with Gasteiger partial charge in [0.25, 0.3) is 5.91 Å². The smallest absolute Gasteiger partial charge is 0.250 e. The number of aliphatic hydroxyl groups excluding tert-OH is 1. The molecule has 2 aliphatic rings. The number of benzene rings is 1. The summed E-state index contributed by atoms with van der Waals surface area (Å²) < 4.78 is 5.93. The van der Waals surface area contributed by atoms with E-state index in [2.05, 4.69) is 6.07 Å². The van der Waals surface area contributed by atoms with Gasteiger partial charge in [-0.05, 0) is 51.0 Å². The predicted octanol–water partition coefficient (Wildman–Crippen LogP) is 2.70. The summed E-state index contributed by atoms with van der Waals surface area (Å²) in [6.45, 7) is 8.04. The van der Waals surface area contributed by atoms with E-state index in [1.54, 1.807) is 23.1 Å². The molecule has 0 aromatic heterocycles. The summed E-state index contributed by atoms with van der Waals surface area (Å²) in [6, 6.07) is 6.74. The molecule has 0 saturated carbocycles. The van der Waals surface area contributed by atoms with Crippen LogP contribution in [0.25, 0.3) is 0 Å². The number of hydrogen-bond acceptors (Lipinski definition) is 4. The molecule has 1 aromatic carbocycles. The number of fused-ring (bicyclic) bond motifs is 1. The third kappa shape index (κ3) is 2.38. The predicted molar refractivity (Wildman–Crippen MR) is 89.3 cm³/mol. The number of nitrogens with zero attached hydrogens (tertiary/aromatic N) is 2. The van der Waals surface area contributed by atoms with Gasteiger partial charge in [-0.25, -0.2) is 0 Å². The Hall–Kier alpha value is -2.32. The molecular formula is C19H22N2O3. The Morgan fingerprint density at radius 1 is 1.46 bits per heavy atom. The number of hydrogen-bond donors (Lipinski definition) is 1. The van der Waals surface area contributed by atoms with Crippen molar-refractivity contribution in [2.45, 2.75) is 51.9 Å². The van der Waals surface area contributed by atoms with Gasteiger partial charge in [0, 0.05) is 17.7 Å². The largest absolute Gasteiger partial charge is 0.485 e. The van der Waals surface area contributed by atoms with Crippen molar-refractivity contribution in [2.24, 2.45) is 0 Å². The number of ether oxygens (including phenoxy) is 1. The molecule has 1 N–H and O–H groups in total. The van der Waals surface area contributed by atoms with Gasteiger partial charge in [-0.1, -0.05) is 6.92 Å². The number of carbonyl (C=O) groups excluding carboxylic acids is 1. The number of nitriles is 1. The molecule has 5 heteroatoms. The van der Waals surface area contributed by atoms with E-state index in [0.29, 0.717) is 29.8 Å². The van der Waals surface area contributed by atoms with E-state index in [1.165, 1.54) is 0 Å². The highest BCUT2D eigenvalue weighted by Gasteiger charge is 2.48. The van der Waals surface area contributed by atoms with E-state index >= 15 is 0 Å². The van der Waals surface area contributed by atoms with Gasteiger partial charge in [-0.15, -0.1) is 0 Å². The van der Waals surface area contributed by atoms with E-state index in [9.17, 15) is 15.2 Å². The van der Waals surface area contributed by atoms with Crippen LogP contribution in [0.5, 0.6) is 5.75 Å². The second-order valence-corrected chi connectivity index (χ2v) is 7.01. The van der Waals surface area contributed by atoms with Crippen LogP contribution in [0, 0.1) is 11.3 Å². The molecule has 3 rings (SSSR count). The van der Waals surface area contributed by atoms with Crippen LogP contribution in [-0.4, -0.2) is 34.2 Å². The van der Waals surface area contributed by atoms with E-state index in [0.717, 1.165) is 11.1 Å². The van der Waals surface area contributed by atoms with Gasteiger partial charge in [0.2, 0.25) is 0 Å². The molecule has 126 valence electrons. The number of rotatable bonds is 2. The minimum Gasteiger partial charge on any atom is -0.485 e. The van der Waals surface area contributed by atoms with Crippen LogP contribution in [0.3, 0.4) is 0 Å². The molecule has 2 aliphatic heterocycles. The molecule has 24 heavy (non-hydrogen) atoms. The summed E-state index contributed by atoms with van der Waals surface area (Å²) in [5.41, 5.74) is 2.21. The maximum absolute atomic E-state index is 12.8. The van der Waals surface area contributed by atoms with E-state index < -0.39 is 17.7 Å². The monoisotopic (exact) mass is 326 g/mol. The van der Waals surface area contributed by atoms with Crippen molar-refractivity contribution in [3.63, 3.8) is 0 Å². The molecule has 5 nitrogen and oxygen atoms in total. The molecule has 0 saturated heterocycles. The first kappa shape index (κ1) is 16.5. The molecule has 0 aliphatic carbocycles. The third-order valence-electron chi connectivity index (χ3n) is 4.97. The Morgan fingerprint density at radius 2 is 2.17 bits per heavy atom. The Kier molecular flexibility index (Phi) is 3.89. The lowest BCUT2D eigenvalue weighted by Crippen LogP contribution is -2.54. The summed E-state index contributed by atoms with van der Waals surface area (Å²) in [4.78, 5) is 14.5. The summed E-state index contributed by atoms with van der Waals surface area (Å²) in [7, 11) is 0. The molecule has 1 amide bonds. The SMILES string of the molecule is CCC1=C(C)CN([C@@H]2c3cc(C#N)ccc3OC(C)(C)[C@H]2O)C1=O. The van der Waals surface area contributed by atoms with Crippen LogP contribution in [-0.2, 0) is 4.79 Å². The minimum atomic E-state index is -0.883. The van der Waals surface area contributed by atoms with Crippen molar-refractivity contribution >= 4 is 5.91 Å². The fourth-order valence-corrected chi connectivity index (χ4v) is 3.63. The van der Waals surface area contributed by atoms with Crippen LogP contribution >= 0.6 is 0 Å². The summed E-state index contributed by atoms with van der Waals surface area (Å²) in [5, 5.41) is 20.1. The first-order chi connectivity index (χ1) is 11.3. The van der Waals surface area contributed by atoms with E-state index in [-0.39, 0.29) is 5.91 Å². The molecule has 2 heterocycles. The highest BCUT2D eigenvalue weighted by atomic mass is 16.5. The van der Waals surface area contributed by atoms with Gasteiger partial charge in [0.1, 0.15) is 17.5 Å². The Balaban J connectivity index is 2.10. The van der Waals surface area contributed by atoms with Gasteiger partial charge in [-0.2, -0.15) is 5.26 Å². The molecule has 2 atom stereocenters. The van der Waals surface area contributed by atoms with Crippen LogP contribution in [0.1, 0.15) is 51.3 Å². The number of carbonyl (C=O) groups is 1. The Bertz CT molecular complexity index is 773. The zero-order chi connectivity index (χ0) is 17.6. The summed E-state index contributed by atoms with van der Waals surface area (Å²) >= 11 is 0. The zero-order valence-electron chi connectivity index (χ0n) is 14.5. The average molecular weight is 326 g/mol. The maximum Gasteiger partial charge on any atom is 0.250 e. The first-order valence-electron chi connectivity index (χ1n) is 8.21. The van der Waals surface area contributed by atoms with E-state index in [1.807, 2.05) is 27.7 Å². The minimum absolute atomic E-state index is 0.0370. The molecular weight excluding hydrogens is 304 g/mol. The fourth-order valence-electron chi connectivity index (χ4n) is 3.63. The Labute approximate surface area is 142 Å². The number of aliphatic hydroxyl groups is 1. The van der Waals surface area contributed by atoms with Crippen LogP contribution in [0.15, 0.2) is 29.3 Å². The first-order valence-corrected chi connectivity index (χ1v) is 8.21.